The third-order valence-corrected chi connectivity index (χ3v) is 4.73. The van der Waals surface area contributed by atoms with Gasteiger partial charge in [-0.1, -0.05) is 41.6 Å². The molecular weight excluding hydrogens is 356 g/mol. The molecule has 28 heavy (non-hydrogen) atoms. The van der Waals surface area contributed by atoms with Crippen molar-refractivity contribution in [3.8, 4) is 11.3 Å². The van der Waals surface area contributed by atoms with E-state index in [0.717, 1.165) is 17.0 Å². The molecule has 1 N–H and O–H groups in total. The molecule has 142 valence electrons. The van der Waals surface area contributed by atoms with Crippen LogP contribution in [-0.2, 0) is 22.7 Å². The van der Waals surface area contributed by atoms with Crippen LogP contribution in [-0.4, -0.2) is 33.4 Å². The molecular formula is C21H20N4O3. The molecule has 3 heterocycles. The number of carbonyl (C=O) groups excluding carboxylic acids is 2. The molecule has 2 amide bonds. The van der Waals surface area contributed by atoms with Crippen LogP contribution in [0.25, 0.3) is 11.3 Å². The van der Waals surface area contributed by atoms with Crippen LogP contribution >= 0.6 is 0 Å². The second-order valence-corrected chi connectivity index (χ2v) is 6.76. The van der Waals surface area contributed by atoms with Gasteiger partial charge in [-0.3, -0.25) is 14.6 Å². The predicted molar refractivity (Wildman–Crippen MR) is 102 cm³/mol. The van der Waals surface area contributed by atoms with E-state index in [1.165, 1.54) is 0 Å². The van der Waals surface area contributed by atoms with Crippen molar-refractivity contribution >= 4 is 11.8 Å². The van der Waals surface area contributed by atoms with E-state index in [4.69, 9.17) is 4.52 Å². The smallest absolute Gasteiger partial charge is 0.225 e. The SMILES string of the molecule is O=C(NCc1cc(-c2ccccc2)no1)[C@H]1CC(=O)N(Cc2ccccn2)C1. The Balaban J connectivity index is 1.31. The molecule has 0 bridgehead atoms. The van der Waals surface area contributed by atoms with Crippen LogP contribution < -0.4 is 5.32 Å². The number of nitrogens with one attached hydrogen (secondary N) is 1. The molecule has 1 atom stereocenters. The molecule has 0 radical (unpaired) electrons. The molecule has 0 spiro atoms. The summed E-state index contributed by atoms with van der Waals surface area (Å²) in [5.41, 5.74) is 2.49. The largest absolute Gasteiger partial charge is 0.359 e. The summed E-state index contributed by atoms with van der Waals surface area (Å²) in [4.78, 5) is 30.6. The molecule has 0 unspecified atom stereocenters. The summed E-state index contributed by atoms with van der Waals surface area (Å²) < 4.78 is 5.30. The lowest BCUT2D eigenvalue weighted by atomic mass is 10.1. The Kier molecular flexibility index (Phi) is 5.14. The van der Waals surface area contributed by atoms with E-state index in [1.807, 2.05) is 54.6 Å². The van der Waals surface area contributed by atoms with Crippen LogP contribution in [0.4, 0.5) is 0 Å². The minimum atomic E-state index is -0.368. The van der Waals surface area contributed by atoms with Crippen LogP contribution in [0.3, 0.4) is 0 Å². The summed E-state index contributed by atoms with van der Waals surface area (Å²) in [6.45, 7) is 1.06. The molecule has 4 rings (SSSR count). The van der Waals surface area contributed by atoms with Crippen molar-refractivity contribution in [2.24, 2.45) is 5.92 Å². The zero-order chi connectivity index (χ0) is 19.3. The van der Waals surface area contributed by atoms with Crippen molar-refractivity contribution in [3.63, 3.8) is 0 Å². The third-order valence-electron chi connectivity index (χ3n) is 4.73. The standard InChI is InChI=1S/C21H20N4O3/c26-20-10-16(13-25(20)14-17-8-4-5-9-22-17)21(27)23-12-18-11-19(24-28-18)15-6-2-1-3-7-15/h1-9,11,16H,10,12-14H2,(H,23,27)/t16-/m0/s1. The van der Waals surface area contributed by atoms with Gasteiger partial charge in [-0.15, -0.1) is 0 Å². The Bertz CT molecular complexity index is 956. The highest BCUT2D eigenvalue weighted by atomic mass is 16.5. The maximum absolute atomic E-state index is 12.5. The van der Waals surface area contributed by atoms with Crippen molar-refractivity contribution < 1.29 is 14.1 Å². The lowest BCUT2D eigenvalue weighted by Crippen LogP contribution is -2.32. The fraction of sp³-hybridized carbons (Fsp3) is 0.238. The van der Waals surface area contributed by atoms with Gasteiger partial charge in [0.2, 0.25) is 11.8 Å². The van der Waals surface area contributed by atoms with Gasteiger partial charge in [-0.2, -0.15) is 0 Å². The molecule has 1 fully saturated rings. The fourth-order valence-corrected chi connectivity index (χ4v) is 3.25. The Morgan fingerprint density at radius 3 is 2.79 bits per heavy atom. The summed E-state index contributed by atoms with van der Waals surface area (Å²) in [5, 5.41) is 6.88. The summed E-state index contributed by atoms with van der Waals surface area (Å²) >= 11 is 0. The van der Waals surface area contributed by atoms with Gasteiger partial charge >= 0.3 is 0 Å². The minimum absolute atomic E-state index is 0.0307. The van der Waals surface area contributed by atoms with Gasteiger partial charge in [-0.05, 0) is 12.1 Å². The van der Waals surface area contributed by atoms with Gasteiger partial charge in [-0.25, -0.2) is 0 Å². The van der Waals surface area contributed by atoms with Crippen molar-refractivity contribution in [3.05, 3.63) is 72.2 Å². The summed E-state index contributed by atoms with van der Waals surface area (Å²) in [7, 11) is 0. The number of pyridine rings is 1. The zero-order valence-electron chi connectivity index (χ0n) is 15.2. The highest BCUT2D eigenvalue weighted by Crippen LogP contribution is 2.21. The normalized spacial score (nSPS) is 16.4. The average Bonchev–Trinajstić information content (AvgIpc) is 3.35. The molecule has 1 saturated heterocycles. The first-order valence-corrected chi connectivity index (χ1v) is 9.15. The summed E-state index contributed by atoms with van der Waals surface area (Å²) in [6.07, 6.45) is 1.91. The molecule has 2 aromatic heterocycles. The lowest BCUT2D eigenvalue weighted by molar-refractivity contribution is -0.129. The number of rotatable bonds is 6. The number of amides is 2. The quantitative estimate of drug-likeness (QED) is 0.714. The van der Waals surface area contributed by atoms with Crippen molar-refractivity contribution in [2.75, 3.05) is 6.54 Å². The van der Waals surface area contributed by atoms with Crippen LogP contribution in [0.1, 0.15) is 17.9 Å². The van der Waals surface area contributed by atoms with Gasteiger partial charge in [0.15, 0.2) is 5.76 Å². The van der Waals surface area contributed by atoms with E-state index >= 15 is 0 Å². The van der Waals surface area contributed by atoms with E-state index in [1.54, 1.807) is 11.1 Å². The second-order valence-electron chi connectivity index (χ2n) is 6.76. The number of likely N-dealkylation sites (tertiary alicyclic amines) is 1. The number of hydrogen-bond acceptors (Lipinski definition) is 5. The van der Waals surface area contributed by atoms with Crippen molar-refractivity contribution in [1.29, 1.82) is 0 Å². The van der Waals surface area contributed by atoms with Gasteiger partial charge in [0.05, 0.1) is 24.7 Å². The Labute approximate surface area is 162 Å². The Morgan fingerprint density at radius 2 is 2.00 bits per heavy atom. The van der Waals surface area contributed by atoms with Gasteiger partial charge in [0.1, 0.15) is 5.69 Å². The predicted octanol–water partition coefficient (Wildman–Crippen LogP) is 2.40. The number of benzene rings is 1. The zero-order valence-corrected chi connectivity index (χ0v) is 15.2. The van der Waals surface area contributed by atoms with E-state index in [-0.39, 0.29) is 30.7 Å². The van der Waals surface area contributed by atoms with Crippen molar-refractivity contribution in [2.45, 2.75) is 19.5 Å². The van der Waals surface area contributed by atoms with Gasteiger partial charge in [0.25, 0.3) is 0 Å². The maximum atomic E-state index is 12.5. The minimum Gasteiger partial charge on any atom is -0.359 e. The summed E-state index contributed by atoms with van der Waals surface area (Å²) in [5.74, 6) is 0.0148. The van der Waals surface area contributed by atoms with Crippen molar-refractivity contribution in [1.82, 2.24) is 20.4 Å². The Morgan fingerprint density at radius 1 is 1.18 bits per heavy atom. The maximum Gasteiger partial charge on any atom is 0.225 e. The first kappa shape index (κ1) is 17.9. The van der Waals surface area contributed by atoms with Crippen LogP contribution in [0.15, 0.2) is 65.3 Å². The molecule has 7 heteroatoms. The average molecular weight is 376 g/mol. The molecule has 3 aromatic rings. The van der Waals surface area contributed by atoms with Gasteiger partial charge in [0, 0.05) is 30.8 Å². The molecule has 0 saturated carbocycles. The third kappa shape index (κ3) is 4.09. The second kappa shape index (κ2) is 8.04. The van der Waals surface area contributed by atoms with E-state index in [2.05, 4.69) is 15.5 Å². The Hall–Kier alpha value is -3.48. The number of hydrogen-bond donors (Lipinski definition) is 1. The van der Waals surface area contributed by atoms with Crippen LogP contribution in [0.2, 0.25) is 0 Å². The monoisotopic (exact) mass is 376 g/mol. The fourth-order valence-electron chi connectivity index (χ4n) is 3.25. The first-order chi connectivity index (χ1) is 13.7. The summed E-state index contributed by atoms with van der Waals surface area (Å²) in [6, 6.07) is 17.1. The lowest BCUT2D eigenvalue weighted by Gasteiger charge is -2.15. The number of nitrogens with zero attached hydrogens (tertiary/aromatic N) is 3. The molecule has 1 aliphatic heterocycles. The molecule has 1 aliphatic rings. The highest BCUT2D eigenvalue weighted by Gasteiger charge is 2.34. The number of aromatic nitrogens is 2. The van der Waals surface area contributed by atoms with E-state index in [0.29, 0.717) is 18.8 Å². The molecule has 1 aromatic carbocycles. The van der Waals surface area contributed by atoms with Crippen LogP contribution in [0.5, 0.6) is 0 Å². The number of carbonyl (C=O) groups is 2. The van der Waals surface area contributed by atoms with Gasteiger partial charge < -0.3 is 14.7 Å². The first-order valence-electron chi connectivity index (χ1n) is 9.15. The molecule has 0 aliphatic carbocycles. The van der Waals surface area contributed by atoms with E-state index in [9.17, 15) is 9.59 Å². The van der Waals surface area contributed by atoms with E-state index < -0.39 is 0 Å². The molecule has 7 nitrogen and oxygen atoms in total. The highest BCUT2D eigenvalue weighted by molar-refractivity contribution is 5.89. The van der Waals surface area contributed by atoms with Crippen LogP contribution in [0, 0.1) is 5.92 Å². The topological polar surface area (TPSA) is 88.3 Å².